The van der Waals surface area contributed by atoms with Crippen LogP contribution in [0.15, 0.2) is 28.7 Å². The van der Waals surface area contributed by atoms with Crippen molar-refractivity contribution in [3.05, 3.63) is 28.7 Å². The first-order chi connectivity index (χ1) is 9.38. The van der Waals surface area contributed by atoms with Gasteiger partial charge in [-0.1, -0.05) is 29.8 Å². The van der Waals surface area contributed by atoms with Gasteiger partial charge in [-0.2, -0.15) is 0 Å². The quantitative estimate of drug-likeness (QED) is 0.804. The maximum absolute atomic E-state index is 11.6. The molecule has 1 rings (SSSR count). The van der Waals surface area contributed by atoms with Crippen LogP contribution in [0.3, 0.4) is 0 Å². The lowest BCUT2D eigenvalue weighted by Gasteiger charge is -2.21. The second-order valence-corrected chi connectivity index (χ2v) is 5.73. The number of carboxylic acid groups (broad SMARTS) is 1. The minimum absolute atomic E-state index is 0.144. The van der Waals surface area contributed by atoms with Crippen molar-refractivity contribution in [2.24, 2.45) is 5.92 Å². The number of amides is 1. The lowest BCUT2D eigenvalue weighted by molar-refractivity contribution is -0.308. The van der Waals surface area contributed by atoms with E-state index in [0.717, 1.165) is 4.47 Å². The van der Waals surface area contributed by atoms with Crippen molar-refractivity contribution >= 4 is 27.8 Å². The molecule has 0 saturated carbocycles. The maximum Gasteiger partial charge on any atom is 0.258 e. The SMILES string of the molecule is CC(C)C[C@H](NC(=O)COc1ccc(Br)cc1)C(=O)[O-]. The van der Waals surface area contributed by atoms with Crippen LogP contribution in [0.5, 0.6) is 5.75 Å². The van der Waals surface area contributed by atoms with E-state index in [2.05, 4.69) is 21.2 Å². The summed E-state index contributed by atoms with van der Waals surface area (Å²) in [5.41, 5.74) is 0. The standard InChI is InChI=1S/C14H18BrNO4/c1-9(2)7-12(14(18)19)16-13(17)8-20-11-5-3-10(15)4-6-11/h3-6,9,12H,7-8H2,1-2H3,(H,16,17)(H,18,19)/p-1/t12-/m0/s1. The van der Waals surface area contributed by atoms with Gasteiger partial charge >= 0.3 is 0 Å². The molecule has 0 fully saturated rings. The van der Waals surface area contributed by atoms with Gasteiger partial charge in [-0.15, -0.1) is 0 Å². The minimum atomic E-state index is -1.28. The van der Waals surface area contributed by atoms with E-state index in [1.54, 1.807) is 24.3 Å². The summed E-state index contributed by atoms with van der Waals surface area (Å²) >= 11 is 3.29. The van der Waals surface area contributed by atoms with Gasteiger partial charge in [0.25, 0.3) is 5.91 Å². The largest absolute Gasteiger partial charge is 0.548 e. The highest BCUT2D eigenvalue weighted by Crippen LogP contribution is 2.15. The summed E-state index contributed by atoms with van der Waals surface area (Å²) < 4.78 is 6.17. The third-order valence-electron chi connectivity index (χ3n) is 2.51. The summed E-state index contributed by atoms with van der Waals surface area (Å²) in [7, 11) is 0. The third kappa shape index (κ3) is 6.06. The molecule has 0 aliphatic heterocycles. The normalized spacial score (nSPS) is 12.0. The summed E-state index contributed by atoms with van der Waals surface area (Å²) in [6.07, 6.45) is 0.326. The summed E-state index contributed by atoms with van der Waals surface area (Å²) in [6.45, 7) is 3.52. The molecule has 1 amide bonds. The fourth-order valence-corrected chi connectivity index (χ4v) is 1.87. The number of rotatable bonds is 7. The van der Waals surface area contributed by atoms with Gasteiger partial charge in [-0.3, -0.25) is 4.79 Å². The second kappa shape index (κ2) is 7.89. The Kier molecular flexibility index (Phi) is 6.51. The van der Waals surface area contributed by atoms with E-state index in [0.29, 0.717) is 12.2 Å². The number of hydrogen-bond donors (Lipinski definition) is 1. The van der Waals surface area contributed by atoms with Gasteiger partial charge in [-0.05, 0) is 36.6 Å². The molecule has 6 heteroatoms. The number of benzene rings is 1. The number of carbonyl (C=O) groups is 2. The molecule has 1 atom stereocenters. The van der Waals surface area contributed by atoms with E-state index >= 15 is 0 Å². The Morgan fingerprint density at radius 2 is 1.90 bits per heavy atom. The molecular formula is C14H17BrNO4-. The topological polar surface area (TPSA) is 78.5 Å². The zero-order chi connectivity index (χ0) is 15.1. The van der Waals surface area contributed by atoms with Gasteiger partial charge < -0.3 is 20.0 Å². The lowest BCUT2D eigenvalue weighted by atomic mass is 10.0. The van der Waals surface area contributed by atoms with E-state index in [1.807, 2.05) is 13.8 Å². The third-order valence-corrected chi connectivity index (χ3v) is 3.04. The molecule has 1 aromatic carbocycles. The van der Waals surface area contributed by atoms with Crippen molar-refractivity contribution in [3.63, 3.8) is 0 Å². The van der Waals surface area contributed by atoms with Crippen LogP contribution in [0, 0.1) is 5.92 Å². The summed E-state index contributed by atoms with van der Waals surface area (Å²) in [5.74, 6) is -1.08. The molecule has 1 aromatic rings. The Hall–Kier alpha value is -1.56. The van der Waals surface area contributed by atoms with E-state index in [4.69, 9.17) is 4.74 Å². The molecule has 110 valence electrons. The van der Waals surface area contributed by atoms with Gasteiger partial charge in [-0.25, -0.2) is 0 Å². The number of carbonyl (C=O) groups excluding carboxylic acids is 2. The average Bonchev–Trinajstić information content (AvgIpc) is 2.36. The van der Waals surface area contributed by atoms with Gasteiger partial charge in [0.1, 0.15) is 5.75 Å². The predicted octanol–water partition coefficient (Wildman–Crippen LogP) is 1.11. The highest BCUT2D eigenvalue weighted by molar-refractivity contribution is 9.10. The number of aliphatic carboxylic acids is 1. The van der Waals surface area contributed by atoms with Crippen molar-refractivity contribution in [2.75, 3.05) is 6.61 Å². The highest BCUT2D eigenvalue weighted by atomic mass is 79.9. The van der Waals surface area contributed by atoms with E-state index in [-0.39, 0.29) is 12.5 Å². The molecule has 0 bridgehead atoms. The fourth-order valence-electron chi connectivity index (χ4n) is 1.60. The maximum atomic E-state index is 11.6. The van der Waals surface area contributed by atoms with Crippen molar-refractivity contribution in [1.82, 2.24) is 5.32 Å². The molecular weight excluding hydrogens is 326 g/mol. The highest BCUT2D eigenvalue weighted by Gasteiger charge is 2.15. The van der Waals surface area contributed by atoms with Crippen LogP contribution >= 0.6 is 15.9 Å². The average molecular weight is 343 g/mol. The van der Waals surface area contributed by atoms with Crippen LogP contribution < -0.4 is 15.2 Å². The van der Waals surface area contributed by atoms with E-state index in [9.17, 15) is 14.7 Å². The molecule has 0 aromatic heterocycles. The first-order valence-electron chi connectivity index (χ1n) is 6.27. The Morgan fingerprint density at radius 3 is 2.40 bits per heavy atom. The molecule has 5 nitrogen and oxygen atoms in total. The molecule has 0 aliphatic carbocycles. The monoisotopic (exact) mass is 342 g/mol. The van der Waals surface area contributed by atoms with Gasteiger partial charge in [0.2, 0.25) is 0 Å². The van der Waals surface area contributed by atoms with Crippen molar-refractivity contribution < 1.29 is 19.4 Å². The number of hydrogen-bond acceptors (Lipinski definition) is 4. The smallest absolute Gasteiger partial charge is 0.258 e. The minimum Gasteiger partial charge on any atom is -0.548 e. The molecule has 0 heterocycles. The summed E-state index contributed by atoms with van der Waals surface area (Å²) in [6, 6.07) is 6.01. The van der Waals surface area contributed by atoms with Crippen molar-refractivity contribution in [2.45, 2.75) is 26.3 Å². The predicted molar refractivity (Wildman–Crippen MR) is 76.0 cm³/mol. The summed E-state index contributed by atoms with van der Waals surface area (Å²) in [5, 5.41) is 13.3. The first kappa shape index (κ1) is 16.5. The van der Waals surface area contributed by atoms with Crippen LogP contribution in [-0.2, 0) is 9.59 Å². The van der Waals surface area contributed by atoms with Gasteiger partial charge in [0.05, 0.1) is 12.0 Å². The summed E-state index contributed by atoms with van der Waals surface area (Å²) in [4.78, 5) is 22.6. The molecule has 0 unspecified atom stereocenters. The van der Waals surface area contributed by atoms with Crippen molar-refractivity contribution in [3.8, 4) is 5.75 Å². The molecule has 0 saturated heterocycles. The lowest BCUT2D eigenvalue weighted by Crippen LogP contribution is -2.49. The molecule has 0 spiro atoms. The van der Waals surface area contributed by atoms with Crippen molar-refractivity contribution in [1.29, 1.82) is 0 Å². The van der Waals surface area contributed by atoms with E-state index < -0.39 is 17.9 Å². The molecule has 0 aliphatic rings. The molecule has 20 heavy (non-hydrogen) atoms. The molecule has 0 radical (unpaired) electrons. The van der Waals surface area contributed by atoms with Gasteiger partial charge in [0, 0.05) is 4.47 Å². The zero-order valence-corrected chi connectivity index (χ0v) is 13.0. The van der Waals surface area contributed by atoms with Crippen LogP contribution in [0.1, 0.15) is 20.3 Å². The molecule has 1 N–H and O–H groups in total. The zero-order valence-electron chi connectivity index (χ0n) is 11.4. The number of nitrogens with one attached hydrogen (secondary N) is 1. The van der Waals surface area contributed by atoms with E-state index in [1.165, 1.54) is 0 Å². The Bertz CT molecular complexity index is 459. The van der Waals surface area contributed by atoms with Crippen LogP contribution in [0.2, 0.25) is 0 Å². The Labute approximate surface area is 126 Å². The number of halogens is 1. The number of carboxylic acids is 1. The Morgan fingerprint density at radius 1 is 1.30 bits per heavy atom. The Balaban J connectivity index is 2.45. The van der Waals surface area contributed by atoms with Crippen LogP contribution in [0.25, 0.3) is 0 Å². The van der Waals surface area contributed by atoms with Crippen LogP contribution in [0.4, 0.5) is 0 Å². The first-order valence-corrected chi connectivity index (χ1v) is 7.06. The van der Waals surface area contributed by atoms with Gasteiger partial charge in [0.15, 0.2) is 6.61 Å². The second-order valence-electron chi connectivity index (χ2n) is 4.81. The fraction of sp³-hybridized carbons (Fsp3) is 0.429. The number of ether oxygens (including phenoxy) is 1. The van der Waals surface area contributed by atoms with Crippen LogP contribution in [-0.4, -0.2) is 24.5 Å².